The number of carbonyl (C=O) groups is 3. The molecule has 2 fully saturated rings. The van der Waals surface area contributed by atoms with E-state index in [-0.39, 0.29) is 17.6 Å². The molecule has 5 atom stereocenters. The summed E-state index contributed by atoms with van der Waals surface area (Å²) >= 11 is 0. The fourth-order valence-electron chi connectivity index (χ4n) is 5.03. The molecule has 0 radical (unpaired) electrons. The maximum absolute atomic E-state index is 13.6. The second kappa shape index (κ2) is 7.15. The summed E-state index contributed by atoms with van der Waals surface area (Å²) in [7, 11) is 0. The van der Waals surface area contributed by atoms with Crippen LogP contribution in [0.2, 0.25) is 0 Å². The third-order valence-corrected chi connectivity index (χ3v) is 6.46. The number of hydrogen-bond acceptors (Lipinski definition) is 4. The van der Waals surface area contributed by atoms with Gasteiger partial charge in [-0.15, -0.1) is 0 Å². The number of nitrogens with one attached hydrogen (secondary N) is 1. The van der Waals surface area contributed by atoms with Crippen LogP contribution in [0.5, 0.6) is 0 Å². The summed E-state index contributed by atoms with van der Waals surface area (Å²) in [5.74, 6) is -2.29. The predicted octanol–water partition coefficient (Wildman–Crippen LogP) is 1.60. The van der Waals surface area contributed by atoms with Crippen LogP contribution in [0.3, 0.4) is 0 Å². The molecule has 31 heavy (non-hydrogen) atoms. The van der Waals surface area contributed by atoms with Gasteiger partial charge in [0.05, 0.1) is 23.5 Å². The molecule has 0 saturated carbocycles. The van der Waals surface area contributed by atoms with Crippen molar-refractivity contribution in [2.24, 2.45) is 11.8 Å². The molecule has 5 rings (SSSR count). The molecule has 1 N–H and O–H groups in total. The molecule has 0 aliphatic carbocycles. The van der Waals surface area contributed by atoms with E-state index in [1.54, 1.807) is 54.8 Å². The minimum absolute atomic E-state index is 0.168. The van der Waals surface area contributed by atoms with Crippen LogP contribution in [-0.4, -0.2) is 29.7 Å². The Hall–Kier alpha value is -3.82. The number of carbonyl (C=O) groups excluding carboxylic acids is 3. The first kappa shape index (κ1) is 19.2. The van der Waals surface area contributed by atoms with Gasteiger partial charge < -0.3 is 0 Å². The molecule has 1 unspecified atom stereocenters. The van der Waals surface area contributed by atoms with Crippen LogP contribution in [0.1, 0.15) is 15.9 Å². The van der Waals surface area contributed by atoms with E-state index in [1.165, 1.54) is 4.90 Å². The molecule has 6 nitrogen and oxygen atoms in total. The van der Waals surface area contributed by atoms with Gasteiger partial charge in [-0.1, -0.05) is 48.0 Å². The Morgan fingerprint density at radius 3 is 2.35 bits per heavy atom. The van der Waals surface area contributed by atoms with Crippen molar-refractivity contribution in [1.29, 1.82) is 5.26 Å². The molecule has 3 heterocycles. The minimum atomic E-state index is -0.777. The molecule has 2 saturated heterocycles. The number of anilines is 1. The quantitative estimate of drug-likeness (QED) is 0.616. The standard InChI is InChI=1S/C25H19N3O3/c1-15-7-9-18(10-8-15)28-24(30)20-19-13-16(14-26)11-12-27(19)22(21(20)25(28)31)23(29)17-5-3-2-4-6-17/h2-13,19-22H,1H3/p+1/t19-,20-,21-,22+/m1/s1. The highest BCUT2D eigenvalue weighted by molar-refractivity contribution is 6.24. The van der Waals surface area contributed by atoms with Crippen molar-refractivity contribution < 1.29 is 19.3 Å². The summed E-state index contributed by atoms with van der Waals surface area (Å²) in [6, 6.07) is 17.0. The lowest BCUT2D eigenvalue weighted by Crippen LogP contribution is -3.15. The first-order valence-corrected chi connectivity index (χ1v) is 10.2. The third-order valence-electron chi connectivity index (χ3n) is 6.46. The number of rotatable bonds is 3. The van der Waals surface area contributed by atoms with Crippen molar-refractivity contribution >= 4 is 23.3 Å². The lowest BCUT2D eigenvalue weighted by molar-refractivity contribution is -0.871. The monoisotopic (exact) mass is 410 g/mol. The first-order chi connectivity index (χ1) is 15.0. The van der Waals surface area contributed by atoms with Crippen molar-refractivity contribution in [2.75, 3.05) is 4.90 Å². The Kier molecular flexibility index (Phi) is 4.42. The van der Waals surface area contributed by atoms with Gasteiger partial charge in [0.15, 0.2) is 6.04 Å². The molecular formula is C25H20N3O3+. The second-order valence-electron chi connectivity index (χ2n) is 8.20. The van der Waals surface area contributed by atoms with Crippen LogP contribution < -0.4 is 9.80 Å². The van der Waals surface area contributed by atoms with Crippen LogP contribution in [0.15, 0.2) is 78.5 Å². The third kappa shape index (κ3) is 2.86. The zero-order valence-corrected chi connectivity index (χ0v) is 16.9. The smallest absolute Gasteiger partial charge is 0.244 e. The molecule has 0 aromatic heterocycles. The van der Waals surface area contributed by atoms with Gasteiger partial charge in [0.2, 0.25) is 17.6 Å². The zero-order chi connectivity index (χ0) is 21.7. The Balaban J connectivity index is 1.61. The number of hydrogen-bond donors (Lipinski definition) is 1. The normalized spacial score (nSPS) is 28.7. The van der Waals surface area contributed by atoms with E-state index in [0.717, 1.165) is 10.5 Å². The summed E-state index contributed by atoms with van der Waals surface area (Å²) in [5.41, 5.74) is 2.49. The van der Waals surface area contributed by atoms with Gasteiger partial charge in [-0.3, -0.25) is 19.3 Å². The number of allylic oxidation sites excluding steroid dienone is 2. The van der Waals surface area contributed by atoms with Gasteiger partial charge in [0.1, 0.15) is 17.9 Å². The van der Waals surface area contributed by atoms with E-state index >= 15 is 0 Å². The maximum atomic E-state index is 13.6. The van der Waals surface area contributed by atoms with Gasteiger partial charge in [-0.05, 0) is 25.1 Å². The summed E-state index contributed by atoms with van der Waals surface area (Å²) in [4.78, 5) is 42.5. The summed E-state index contributed by atoms with van der Waals surface area (Å²) < 4.78 is 0. The van der Waals surface area contributed by atoms with Crippen LogP contribution in [-0.2, 0) is 9.59 Å². The molecular weight excluding hydrogens is 390 g/mol. The first-order valence-electron chi connectivity index (χ1n) is 10.2. The van der Waals surface area contributed by atoms with Gasteiger partial charge in [0.25, 0.3) is 0 Å². The van der Waals surface area contributed by atoms with E-state index < -0.39 is 23.9 Å². The van der Waals surface area contributed by atoms with Crippen molar-refractivity contribution in [1.82, 2.24) is 0 Å². The fourth-order valence-corrected chi connectivity index (χ4v) is 5.03. The second-order valence-corrected chi connectivity index (χ2v) is 8.20. The summed E-state index contributed by atoms with van der Waals surface area (Å²) in [5, 5.41) is 9.37. The number of Topliss-reactive ketones (excluding diaryl/α,β-unsaturated/α-hetero) is 1. The molecule has 3 aliphatic heterocycles. The number of nitriles is 1. The number of quaternary nitrogens is 1. The summed E-state index contributed by atoms with van der Waals surface area (Å²) in [6.45, 7) is 1.94. The topological polar surface area (TPSA) is 82.7 Å². The Morgan fingerprint density at radius 2 is 1.68 bits per heavy atom. The Bertz CT molecular complexity index is 1190. The largest absolute Gasteiger partial charge is 0.293 e. The molecule has 0 spiro atoms. The van der Waals surface area contributed by atoms with Gasteiger partial charge >= 0.3 is 0 Å². The number of imide groups is 1. The van der Waals surface area contributed by atoms with Crippen LogP contribution in [0.25, 0.3) is 0 Å². The number of nitrogens with zero attached hydrogens (tertiary/aromatic N) is 2. The van der Waals surface area contributed by atoms with Crippen LogP contribution >= 0.6 is 0 Å². The average molecular weight is 410 g/mol. The van der Waals surface area contributed by atoms with E-state index in [9.17, 15) is 19.6 Å². The van der Waals surface area contributed by atoms with Crippen molar-refractivity contribution in [3.05, 3.63) is 89.6 Å². The molecule has 2 amide bonds. The molecule has 2 aromatic rings. The highest BCUT2D eigenvalue weighted by atomic mass is 16.2. The van der Waals surface area contributed by atoms with Crippen molar-refractivity contribution in [2.45, 2.75) is 19.0 Å². The molecule has 2 aromatic carbocycles. The fraction of sp³-hybridized carbons (Fsp3) is 0.200. The summed E-state index contributed by atoms with van der Waals surface area (Å²) in [6.07, 6.45) is 5.14. The van der Waals surface area contributed by atoms with Crippen LogP contribution in [0, 0.1) is 30.1 Å². The van der Waals surface area contributed by atoms with Crippen molar-refractivity contribution in [3.63, 3.8) is 0 Å². The number of amides is 2. The maximum Gasteiger partial charge on any atom is 0.244 e. The number of benzene rings is 2. The van der Waals surface area contributed by atoms with Crippen LogP contribution in [0.4, 0.5) is 5.69 Å². The molecule has 6 heteroatoms. The van der Waals surface area contributed by atoms with Gasteiger partial charge in [-0.2, -0.15) is 5.26 Å². The molecule has 0 bridgehead atoms. The Morgan fingerprint density at radius 1 is 1.00 bits per heavy atom. The van der Waals surface area contributed by atoms with E-state index in [2.05, 4.69) is 6.07 Å². The average Bonchev–Trinajstić information content (AvgIpc) is 3.26. The highest BCUT2D eigenvalue weighted by Gasteiger charge is 2.67. The number of ketones is 1. The van der Waals surface area contributed by atoms with Gasteiger partial charge in [0, 0.05) is 11.6 Å². The van der Waals surface area contributed by atoms with Crippen molar-refractivity contribution in [3.8, 4) is 6.07 Å². The van der Waals surface area contributed by atoms with Gasteiger partial charge in [-0.25, -0.2) is 4.90 Å². The minimum Gasteiger partial charge on any atom is -0.293 e. The number of aryl methyl sites for hydroxylation is 1. The number of fused-ring (bicyclic) bond motifs is 3. The zero-order valence-electron chi connectivity index (χ0n) is 16.9. The van der Waals surface area contributed by atoms with E-state index in [4.69, 9.17) is 0 Å². The van der Waals surface area contributed by atoms with E-state index in [0.29, 0.717) is 16.8 Å². The Labute approximate surface area is 179 Å². The SMILES string of the molecule is Cc1ccc(N2C(=O)[C@@H]3[C@H](C2=O)[C@H]2C=C(C#N)C=C[NH+]2[C@@H]3C(=O)c2ccccc2)cc1. The molecule has 3 aliphatic rings. The van der Waals surface area contributed by atoms with E-state index in [1.807, 2.05) is 25.1 Å². The predicted molar refractivity (Wildman–Crippen MR) is 113 cm³/mol. The molecule has 152 valence electrons. The lowest BCUT2D eigenvalue weighted by atomic mass is 9.86. The lowest BCUT2D eigenvalue weighted by Gasteiger charge is -2.27. The highest BCUT2D eigenvalue weighted by Crippen LogP contribution is 2.39.